The van der Waals surface area contributed by atoms with Crippen molar-refractivity contribution >= 4 is 33.2 Å². The van der Waals surface area contributed by atoms with Crippen LogP contribution in [-0.4, -0.2) is 47.9 Å². The topological polar surface area (TPSA) is 45.7 Å². The molecule has 0 fully saturated rings. The minimum Gasteiger partial charge on any atom is -0.486 e. The molecule has 3 aromatic rings. The summed E-state index contributed by atoms with van der Waals surface area (Å²) in [5.74, 6) is 0.888. The molecule has 0 saturated carbocycles. The van der Waals surface area contributed by atoms with Gasteiger partial charge in [0.1, 0.15) is 17.4 Å². The summed E-state index contributed by atoms with van der Waals surface area (Å²) in [5, 5.41) is 2.91. The Morgan fingerprint density at radius 2 is 1.90 bits per heavy atom. The number of aryl methyl sites for hydroxylation is 1. The number of nitrogens with zero attached hydrogens (tertiary/aromatic N) is 3. The van der Waals surface area contributed by atoms with E-state index in [4.69, 9.17) is 9.72 Å². The van der Waals surface area contributed by atoms with Crippen LogP contribution in [0.1, 0.15) is 32.2 Å². The van der Waals surface area contributed by atoms with Gasteiger partial charge >= 0.3 is 0 Å². The zero-order valence-corrected chi connectivity index (χ0v) is 20.8. The first-order chi connectivity index (χ1) is 14.8. The zero-order valence-electron chi connectivity index (χ0n) is 18.4. The highest BCUT2D eigenvalue weighted by atomic mass is 79.9. The van der Waals surface area contributed by atoms with Gasteiger partial charge in [-0.05, 0) is 63.3 Å². The van der Waals surface area contributed by atoms with Crippen molar-refractivity contribution in [3.63, 3.8) is 0 Å². The van der Waals surface area contributed by atoms with Crippen molar-refractivity contribution in [2.24, 2.45) is 0 Å². The number of hydrogen-bond acceptors (Lipinski definition) is 5. The number of rotatable bonds is 9. The Morgan fingerprint density at radius 1 is 1.13 bits per heavy atom. The van der Waals surface area contributed by atoms with Crippen molar-refractivity contribution in [3.8, 4) is 5.75 Å². The summed E-state index contributed by atoms with van der Waals surface area (Å²) in [4.78, 5) is 21.8. The highest BCUT2D eigenvalue weighted by Gasteiger charge is 2.18. The smallest absolute Gasteiger partial charge is 0.254 e. The fourth-order valence-electron chi connectivity index (χ4n) is 3.08. The van der Waals surface area contributed by atoms with E-state index < -0.39 is 0 Å². The summed E-state index contributed by atoms with van der Waals surface area (Å²) in [6.07, 6.45) is 0. The quantitative estimate of drug-likeness (QED) is 0.398. The second kappa shape index (κ2) is 10.9. The zero-order chi connectivity index (χ0) is 22.4. The van der Waals surface area contributed by atoms with Crippen molar-refractivity contribution in [3.05, 3.63) is 79.7 Å². The standard InChI is InChI=1S/C24H28BrN3O2S/c1-17-7-5-10-22(18(17)2)30-15-23-26-21(16-31-23)14-28(12-11-27(3)4)24(29)19-8-6-9-20(25)13-19/h5-10,13,16H,11-12,14-15H2,1-4H3. The third kappa shape index (κ3) is 6.63. The van der Waals surface area contributed by atoms with E-state index >= 15 is 0 Å². The molecule has 0 aliphatic heterocycles. The van der Waals surface area contributed by atoms with E-state index in [1.54, 1.807) is 11.3 Å². The predicted molar refractivity (Wildman–Crippen MR) is 130 cm³/mol. The van der Waals surface area contributed by atoms with Gasteiger partial charge in [-0.3, -0.25) is 4.79 Å². The number of halogens is 1. The third-order valence-electron chi connectivity index (χ3n) is 5.03. The summed E-state index contributed by atoms with van der Waals surface area (Å²) in [6.45, 7) is 6.45. The van der Waals surface area contributed by atoms with E-state index in [1.165, 1.54) is 5.56 Å². The minimum absolute atomic E-state index is 0.00401. The van der Waals surface area contributed by atoms with Gasteiger partial charge in [-0.1, -0.05) is 34.1 Å². The van der Waals surface area contributed by atoms with Crippen molar-refractivity contribution < 1.29 is 9.53 Å². The lowest BCUT2D eigenvalue weighted by atomic mass is 10.1. The van der Waals surface area contributed by atoms with E-state index in [2.05, 4.69) is 40.7 Å². The van der Waals surface area contributed by atoms with Crippen LogP contribution in [0.3, 0.4) is 0 Å². The monoisotopic (exact) mass is 501 g/mol. The number of benzene rings is 2. The number of carbonyl (C=O) groups is 1. The van der Waals surface area contributed by atoms with Crippen LogP contribution in [-0.2, 0) is 13.2 Å². The number of amides is 1. The predicted octanol–water partition coefficient (Wildman–Crippen LogP) is 5.31. The van der Waals surface area contributed by atoms with Crippen LogP contribution in [0.5, 0.6) is 5.75 Å². The van der Waals surface area contributed by atoms with Crippen LogP contribution in [0.4, 0.5) is 0 Å². The molecule has 0 radical (unpaired) electrons. The molecule has 0 bridgehead atoms. The van der Waals surface area contributed by atoms with Gasteiger partial charge in [-0.25, -0.2) is 4.98 Å². The van der Waals surface area contributed by atoms with Gasteiger partial charge in [0.25, 0.3) is 5.91 Å². The molecule has 2 aromatic carbocycles. The Morgan fingerprint density at radius 3 is 2.65 bits per heavy atom. The van der Waals surface area contributed by atoms with Crippen LogP contribution >= 0.6 is 27.3 Å². The van der Waals surface area contributed by atoms with Crippen LogP contribution in [0.2, 0.25) is 0 Å². The summed E-state index contributed by atoms with van der Waals surface area (Å²) in [7, 11) is 4.01. The minimum atomic E-state index is 0.00401. The highest BCUT2D eigenvalue weighted by Crippen LogP contribution is 2.23. The first-order valence-corrected chi connectivity index (χ1v) is 11.8. The van der Waals surface area contributed by atoms with Crippen LogP contribution < -0.4 is 4.74 Å². The van der Waals surface area contributed by atoms with Crippen molar-refractivity contribution in [2.75, 3.05) is 27.2 Å². The number of carbonyl (C=O) groups excluding carboxylic acids is 1. The van der Waals surface area contributed by atoms with Crippen LogP contribution in [0.25, 0.3) is 0 Å². The second-order valence-corrected chi connectivity index (χ2v) is 9.62. The average Bonchev–Trinajstić information content (AvgIpc) is 3.19. The Balaban J connectivity index is 1.69. The molecule has 0 atom stereocenters. The summed E-state index contributed by atoms with van der Waals surface area (Å²) < 4.78 is 6.88. The van der Waals surface area contributed by atoms with E-state index in [0.717, 1.165) is 33.0 Å². The fraction of sp³-hybridized carbons (Fsp3) is 0.333. The van der Waals surface area contributed by atoms with Gasteiger partial charge < -0.3 is 14.5 Å². The molecule has 164 valence electrons. The second-order valence-electron chi connectivity index (χ2n) is 7.76. The Labute approximate surface area is 196 Å². The first kappa shape index (κ1) is 23.4. The fourth-order valence-corrected chi connectivity index (χ4v) is 4.18. The molecule has 1 amide bonds. The number of thiazole rings is 1. The lowest BCUT2D eigenvalue weighted by Gasteiger charge is -2.24. The number of ether oxygens (including phenoxy) is 1. The molecule has 5 nitrogen and oxygen atoms in total. The first-order valence-electron chi connectivity index (χ1n) is 10.2. The molecule has 0 spiro atoms. The molecule has 7 heteroatoms. The molecule has 0 aliphatic rings. The van der Waals surface area contributed by atoms with Crippen molar-refractivity contribution in [2.45, 2.75) is 27.0 Å². The Hall–Kier alpha value is -2.22. The molecular weight excluding hydrogens is 474 g/mol. The maximum absolute atomic E-state index is 13.1. The van der Waals surface area contributed by atoms with Crippen molar-refractivity contribution in [1.82, 2.24) is 14.8 Å². The van der Waals surface area contributed by atoms with Gasteiger partial charge in [0.2, 0.25) is 0 Å². The molecule has 31 heavy (non-hydrogen) atoms. The summed E-state index contributed by atoms with van der Waals surface area (Å²) >= 11 is 5.02. The molecule has 1 aromatic heterocycles. The van der Waals surface area contributed by atoms with E-state index in [1.807, 2.05) is 60.8 Å². The molecule has 0 N–H and O–H groups in total. The lowest BCUT2D eigenvalue weighted by molar-refractivity contribution is 0.0730. The normalized spacial score (nSPS) is 11.0. The SMILES string of the molecule is Cc1cccc(OCc2nc(CN(CCN(C)C)C(=O)c3cccc(Br)c3)cs2)c1C. The van der Waals surface area contributed by atoms with Gasteiger partial charge in [-0.2, -0.15) is 0 Å². The Bertz CT molecular complexity index is 1040. The lowest BCUT2D eigenvalue weighted by Crippen LogP contribution is -2.36. The number of likely N-dealkylation sites (N-methyl/N-ethyl adjacent to an activating group) is 1. The van der Waals surface area contributed by atoms with Crippen LogP contribution in [0.15, 0.2) is 52.3 Å². The van der Waals surface area contributed by atoms with Gasteiger partial charge in [0.05, 0.1) is 12.2 Å². The molecule has 1 heterocycles. The number of aromatic nitrogens is 1. The van der Waals surface area contributed by atoms with E-state index in [0.29, 0.717) is 25.3 Å². The molecule has 3 rings (SSSR count). The molecular formula is C24H28BrN3O2S. The highest BCUT2D eigenvalue weighted by molar-refractivity contribution is 9.10. The molecule has 0 saturated heterocycles. The maximum Gasteiger partial charge on any atom is 0.254 e. The van der Waals surface area contributed by atoms with Gasteiger partial charge in [-0.15, -0.1) is 11.3 Å². The van der Waals surface area contributed by atoms with Crippen LogP contribution in [0, 0.1) is 13.8 Å². The third-order valence-corrected chi connectivity index (χ3v) is 6.40. The van der Waals surface area contributed by atoms with Gasteiger partial charge in [0.15, 0.2) is 0 Å². The largest absolute Gasteiger partial charge is 0.486 e. The Kier molecular flexibility index (Phi) is 8.23. The maximum atomic E-state index is 13.1. The average molecular weight is 502 g/mol. The van der Waals surface area contributed by atoms with Crippen molar-refractivity contribution in [1.29, 1.82) is 0 Å². The number of hydrogen-bond donors (Lipinski definition) is 0. The summed E-state index contributed by atoms with van der Waals surface area (Å²) in [6, 6.07) is 13.6. The molecule has 0 unspecified atom stereocenters. The van der Waals surface area contributed by atoms with E-state index in [9.17, 15) is 4.79 Å². The van der Waals surface area contributed by atoms with Gasteiger partial charge in [0, 0.05) is 28.5 Å². The summed E-state index contributed by atoms with van der Waals surface area (Å²) in [5.41, 5.74) is 3.90. The van der Waals surface area contributed by atoms with E-state index in [-0.39, 0.29) is 5.91 Å². The molecule has 0 aliphatic carbocycles.